The molecular weight excluding hydrogens is 455 g/mol. The molecule has 1 heterocycles. The number of aryl methyl sites for hydroxylation is 1. The summed E-state index contributed by atoms with van der Waals surface area (Å²) < 4.78 is 68.3. The van der Waals surface area contributed by atoms with Crippen molar-refractivity contribution in [2.45, 2.75) is 50.2 Å². The summed E-state index contributed by atoms with van der Waals surface area (Å²) in [6.07, 6.45) is -6.42. The molecule has 4 nitrogen and oxygen atoms in total. The summed E-state index contributed by atoms with van der Waals surface area (Å²) in [6.45, 7) is -0.0623. The lowest BCUT2D eigenvalue weighted by Crippen LogP contribution is -2.48. The number of rotatable bonds is 6. The molecule has 34 heavy (non-hydrogen) atoms. The Morgan fingerprint density at radius 1 is 1.15 bits per heavy atom. The molecule has 9 heteroatoms. The molecule has 0 fully saturated rings. The number of amides is 1. The number of hydrogen-bond acceptors (Lipinski definition) is 3. The Labute approximate surface area is 193 Å². The molecule has 4 rings (SSSR count). The summed E-state index contributed by atoms with van der Waals surface area (Å²) >= 11 is 0. The minimum atomic E-state index is -4.22. The predicted molar refractivity (Wildman–Crippen MR) is 114 cm³/mol. The van der Waals surface area contributed by atoms with Crippen LogP contribution in [0, 0.1) is 11.3 Å². The lowest BCUT2D eigenvalue weighted by atomic mass is 9.78. The van der Waals surface area contributed by atoms with Crippen LogP contribution >= 0.6 is 0 Å². The molecule has 1 atom stereocenters. The van der Waals surface area contributed by atoms with Gasteiger partial charge in [0, 0.05) is 18.4 Å². The van der Waals surface area contributed by atoms with Crippen LogP contribution in [-0.2, 0) is 16.8 Å². The van der Waals surface area contributed by atoms with Gasteiger partial charge in [0.05, 0.1) is 12.1 Å². The van der Waals surface area contributed by atoms with E-state index in [0.29, 0.717) is 36.1 Å². The fourth-order valence-corrected chi connectivity index (χ4v) is 4.64. The van der Waals surface area contributed by atoms with E-state index in [1.807, 2.05) is 6.07 Å². The average Bonchev–Trinajstić information content (AvgIpc) is 3.12. The van der Waals surface area contributed by atoms with Crippen LogP contribution in [0.5, 0.6) is 5.75 Å². The molecule has 0 radical (unpaired) electrons. The van der Waals surface area contributed by atoms with Crippen molar-refractivity contribution in [1.82, 2.24) is 5.32 Å². The molecule has 0 saturated carbocycles. The van der Waals surface area contributed by atoms with Crippen molar-refractivity contribution in [3.63, 3.8) is 0 Å². The predicted octanol–water partition coefficient (Wildman–Crippen LogP) is 5.98. The van der Waals surface area contributed by atoms with E-state index in [1.165, 1.54) is 24.3 Å². The van der Waals surface area contributed by atoms with E-state index in [9.17, 15) is 32.0 Å². The topological polar surface area (TPSA) is 62.1 Å². The monoisotopic (exact) mass is 476 g/mol. The minimum absolute atomic E-state index is 0.0477. The number of fused-ring (bicyclic) bond motifs is 2. The molecule has 2 aromatic rings. The van der Waals surface area contributed by atoms with Crippen LogP contribution in [0.15, 0.2) is 48.0 Å². The Balaban J connectivity index is 1.57. The summed E-state index contributed by atoms with van der Waals surface area (Å²) in [7, 11) is 0. The molecule has 0 bridgehead atoms. The Hall–Kier alpha value is -3.41. The lowest BCUT2D eigenvalue weighted by molar-refractivity contribution is -0.136. The first-order valence-electron chi connectivity index (χ1n) is 10.8. The Kier molecular flexibility index (Phi) is 6.34. The number of carbonyl (C=O) groups is 1. The number of nitrogens with one attached hydrogen (secondary N) is 1. The van der Waals surface area contributed by atoms with Crippen LogP contribution in [0.2, 0.25) is 0 Å². The fourth-order valence-electron chi connectivity index (χ4n) is 4.64. The summed E-state index contributed by atoms with van der Waals surface area (Å²) in [5.41, 5.74) is 1.82. The van der Waals surface area contributed by atoms with Crippen LogP contribution in [0.1, 0.15) is 54.4 Å². The molecule has 1 unspecified atom stereocenters. The standard InChI is InChI=1S/C25H21F5N2O2/c26-22(27)16-4-2-15(3-5-16)19-13-24(32-23(33)20(19)14-31)10-8-17-12-18(6-7-21(17)24)34-11-1-9-25(28,29)30/h2-7,12,22H,1,8-11,13H2,(H,32,33). The van der Waals surface area contributed by atoms with E-state index >= 15 is 0 Å². The zero-order valence-corrected chi connectivity index (χ0v) is 18.0. The number of carbonyl (C=O) groups excluding carboxylic acids is 1. The van der Waals surface area contributed by atoms with Gasteiger partial charge in [-0.25, -0.2) is 8.78 Å². The molecule has 1 spiro atoms. The van der Waals surface area contributed by atoms with Gasteiger partial charge in [-0.1, -0.05) is 30.3 Å². The number of benzene rings is 2. The smallest absolute Gasteiger partial charge is 0.389 e. The van der Waals surface area contributed by atoms with Gasteiger partial charge in [0.1, 0.15) is 17.4 Å². The Bertz CT molecular complexity index is 1170. The largest absolute Gasteiger partial charge is 0.494 e. The molecule has 0 aromatic heterocycles. The molecular formula is C25H21F5N2O2. The molecule has 1 aliphatic heterocycles. The number of ether oxygens (including phenoxy) is 1. The number of hydrogen-bond donors (Lipinski definition) is 1. The van der Waals surface area contributed by atoms with Crippen molar-refractivity contribution in [3.8, 4) is 11.8 Å². The highest BCUT2D eigenvalue weighted by Gasteiger charge is 2.45. The highest BCUT2D eigenvalue weighted by atomic mass is 19.4. The molecule has 2 aliphatic rings. The van der Waals surface area contributed by atoms with Crippen LogP contribution in [0.4, 0.5) is 22.0 Å². The first-order chi connectivity index (χ1) is 16.1. The van der Waals surface area contributed by atoms with E-state index < -0.39 is 30.5 Å². The summed E-state index contributed by atoms with van der Waals surface area (Å²) in [6, 6.07) is 12.7. The molecule has 1 aliphatic carbocycles. The van der Waals surface area contributed by atoms with Gasteiger partial charge in [-0.15, -0.1) is 0 Å². The second-order valence-electron chi connectivity index (χ2n) is 8.49. The maximum Gasteiger partial charge on any atom is 0.389 e. The first kappa shape index (κ1) is 23.7. The Morgan fingerprint density at radius 2 is 1.88 bits per heavy atom. The SMILES string of the molecule is N#CC1=C(c2ccc(C(F)F)cc2)CC2(CCc3cc(OCCCC(F)(F)F)ccc32)NC1=O. The van der Waals surface area contributed by atoms with Gasteiger partial charge in [0.15, 0.2) is 0 Å². The van der Waals surface area contributed by atoms with E-state index in [4.69, 9.17) is 4.74 Å². The van der Waals surface area contributed by atoms with Gasteiger partial charge in [-0.05, 0) is 53.7 Å². The zero-order chi connectivity index (χ0) is 24.5. The van der Waals surface area contributed by atoms with Crippen LogP contribution in [0.3, 0.4) is 0 Å². The minimum Gasteiger partial charge on any atom is -0.494 e. The summed E-state index contributed by atoms with van der Waals surface area (Å²) in [4.78, 5) is 12.8. The molecule has 0 saturated heterocycles. The van der Waals surface area contributed by atoms with Crippen LogP contribution in [0.25, 0.3) is 5.57 Å². The highest BCUT2D eigenvalue weighted by molar-refractivity contribution is 6.07. The average molecular weight is 476 g/mol. The van der Waals surface area contributed by atoms with E-state index in [1.54, 1.807) is 18.2 Å². The van der Waals surface area contributed by atoms with Crippen molar-refractivity contribution in [2.75, 3.05) is 6.61 Å². The van der Waals surface area contributed by atoms with Crippen LogP contribution in [-0.4, -0.2) is 18.7 Å². The first-order valence-corrected chi connectivity index (χ1v) is 10.8. The third-order valence-electron chi connectivity index (χ3n) is 6.27. The second kappa shape index (κ2) is 9.09. The summed E-state index contributed by atoms with van der Waals surface area (Å²) in [5.74, 6) is -0.0711. The van der Waals surface area contributed by atoms with Crippen molar-refractivity contribution >= 4 is 11.5 Å². The van der Waals surface area contributed by atoms with Crippen molar-refractivity contribution in [1.29, 1.82) is 5.26 Å². The fraction of sp³-hybridized carbons (Fsp3) is 0.360. The van der Waals surface area contributed by atoms with Crippen molar-refractivity contribution in [2.24, 2.45) is 0 Å². The normalized spacial score (nSPS) is 19.9. The third kappa shape index (κ3) is 4.76. The zero-order valence-electron chi connectivity index (χ0n) is 18.0. The lowest BCUT2D eigenvalue weighted by Gasteiger charge is -2.37. The van der Waals surface area contributed by atoms with E-state index in [2.05, 4.69) is 5.32 Å². The molecule has 178 valence electrons. The van der Waals surface area contributed by atoms with Gasteiger partial charge in [-0.3, -0.25) is 4.79 Å². The summed E-state index contributed by atoms with van der Waals surface area (Å²) in [5, 5.41) is 12.5. The van der Waals surface area contributed by atoms with Gasteiger partial charge >= 0.3 is 6.18 Å². The van der Waals surface area contributed by atoms with E-state index in [-0.39, 0.29) is 24.2 Å². The van der Waals surface area contributed by atoms with Gasteiger partial charge in [-0.2, -0.15) is 18.4 Å². The molecule has 1 N–H and O–H groups in total. The number of nitriles is 1. The molecule has 1 amide bonds. The number of alkyl halides is 5. The van der Waals surface area contributed by atoms with E-state index in [0.717, 1.165) is 11.1 Å². The highest BCUT2D eigenvalue weighted by Crippen LogP contribution is 2.47. The van der Waals surface area contributed by atoms with Gasteiger partial charge < -0.3 is 10.1 Å². The maximum atomic E-state index is 12.9. The molecule has 2 aromatic carbocycles. The van der Waals surface area contributed by atoms with Gasteiger partial charge in [0.2, 0.25) is 0 Å². The maximum absolute atomic E-state index is 12.9. The Morgan fingerprint density at radius 3 is 2.53 bits per heavy atom. The van der Waals surface area contributed by atoms with Crippen molar-refractivity contribution < 1.29 is 31.5 Å². The third-order valence-corrected chi connectivity index (χ3v) is 6.27. The van der Waals surface area contributed by atoms with Crippen LogP contribution < -0.4 is 10.1 Å². The quantitative estimate of drug-likeness (QED) is 0.412. The number of nitrogens with zero attached hydrogens (tertiary/aromatic N) is 1. The second-order valence-corrected chi connectivity index (χ2v) is 8.49. The van der Waals surface area contributed by atoms with Gasteiger partial charge in [0.25, 0.3) is 12.3 Å². The number of halogens is 5. The van der Waals surface area contributed by atoms with Crippen molar-refractivity contribution in [3.05, 3.63) is 70.3 Å².